The number of methoxy groups -OCH3 is 2. The molecule has 0 spiro atoms. The first-order valence-corrected chi connectivity index (χ1v) is 10.3. The van der Waals surface area contributed by atoms with Crippen LogP contribution in [0.1, 0.15) is 36.5 Å². The minimum Gasteiger partial charge on any atom is -0.493 e. The number of ether oxygens (including phenoxy) is 2. The molecule has 3 heterocycles. The largest absolute Gasteiger partial charge is 0.493 e. The molecule has 0 fully saturated rings. The first-order valence-electron chi connectivity index (χ1n) is 10.3. The fourth-order valence-corrected chi connectivity index (χ4v) is 3.98. The first-order chi connectivity index (χ1) is 14.4. The Morgan fingerprint density at radius 2 is 1.80 bits per heavy atom. The predicted molar refractivity (Wildman–Crippen MR) is 118 cm³/mol. The van der Waals surface area contributed by atoms with E-state index in [4.69, 9.17) is 19.4 Å². The molecule has 0 saturated carbocycles. The summed E-state index contributed by atoms with van der Waals surface area (Å²) in [5, 5.41) is 5.71. The zero-order valence-electron chi connectivity index (χ0n) is 18.6. The number of benzene rings is 1. The molecule has 30 heavy (non-hydrogen) atoms. The Bertz CT molecular complexity index is 1210. The Morgan fingerprint density at radius 1 is 1.03 bits per heavy atom. The van der Waals surface area contributed by atoms with Crippen LogP contribution in [0.25, 0.3) is 16.7 Å². The van der Waals surface area contributed by atoms with Crippen molar-refractivity contribution in [3.63, 3.8) is 0 Å². The molecule has 0 unspecified atom stereocenters. The third-order valence-electron chi connectivity index (χ3n) is 5.65. The van der Waals surface area contributed by atoms with E-state index in [1.807, 2.05) is 16.6 Å². The Labute approximate surface area is 176 Å². The summed E-state index contributed by atoms with van der Waals surface area (Å²) >= 11 is 0. The maximum absolute atomic E-state index is 5.44. The van der Waals surface area contributed by atoms with Gasteiger partial charge in [-0.15, -0.1) is 5.10 Å². The molecule has 3 aromatic heterocycles. The van der Waals surface area contributed by atoms with Crippen LogP contribution >= 0.6 is 0 Å². The molecule has 0 aliphatic heterocycles. The molecule has 1 aromatic carbocycles. The Kier molecular flexibility index (Phi) is 5.37. The van der Waals surface area contributed by atoms with Crippen molar-refractivity contribution < 1.29 is 9.47 Å². The molecule has 0 amide bonds. The second kappa shape index (κ2) is 7.97. The van der Waals surface area contributed by atoms with E-state index in [9.17, 15) is 0 Å². The number of aromatic nitrogens is 5. The van der Waals surface area contributed by atoms with Gasteiger partial charge in [0.1, 0.15) is 12.0 Å². The summed E-state index contributed by atoms with van der Waals surface area (Å²) in [5.41, 5.74) is 5.45. The lowest BCUT2D eigenvalue weighted by atomic mass is 10.1. The highest BCUT2D eigenvalue weighted by Gasteiger charge is 2.18. The van der Waals surface area contributed by atoms with Crippen molar-refractivity contribution in [2.45, 2.75) is 47.1 Å². The second-order valence-corrected chi connectivity index (χ2v) is 8.14. The average Bonchev–Trinajstić information content (AvgIpc) is 3.24. The van der Waals surface area contributed by atoms with Crippen molar-refractivity contribution in [1.82, 2.24) is 24.1 Å². The van der Waals surface area contributed by atoms with E-state index in [1.54, 1.807) is 20.5 Å². The van der Waals surface area contributed by atoms with Gasteiger partial charge in [0.2, 0.25) is 0 Å². The van der Waals surface area contributed by atoms with Crippen LogP contribution in [0.15, 0.2) is 24.5 Å². The third-order valence-corrected chi connectivity index (χ3v) is 5.65. The monoisotopic (exact) mass is 407 g/mol. The molecule has 158 valence electrons. The van der Waals surface area contributed by atoms with Gasteiger partial charge in [-0.1, -0.05) is 19.9 Å². The lowest BCUT2D eigenvalue weighted by Gasteiger charge is -2.11. The minimum absolute atomic E-state index is 0.514. The standard InChI is InChI=1S/C23H29N5O2/c1-14(2)11-20-25-23-21-15(3)16(4)27(22(21)24-13-28(23)26-20)10-9-17-7-8-18(29-5)19(12-17)30-6/h7-8,12-14H,9-11H2,1-6H3. The van der Waals surface area contributed by atoms with Gasteiger partial charge in [0.15, 0.2) is 23.0 Å². The average molecular weight is 408 g/mol. The molecule has 0 atom stereocenters. The minimum atomic E-state index is 0.514. The van der Waals surface area contributed by atoms with E-state index < -0.39 is 0 Å². The van der Waals surface area contributed by atoms with Gasteiger partial charge in [-0.05, 0) is 49.4 Å². The molecule has 0 saturated heterocycles. The van der Waals surface area contributed by atoms with E-state index in [-0.39, 0.29) is 0 Å². The zero-order valence-corrected chi connectivity index (χ0v) is 18.6. The maximum atomic E-state index is 5.44. The van der Waals surface area contributed by atoms with Crippen molar-refractivity contribution >= 4 is 16.7 Å². The lowest BCUT2D eigenvalue weighted by molar-refractivity contribution is 0.354. The molecule has 7 heteroatoms. The first kappa shape index (κ1) is 20.2. The maximum Gasteiger partial charge on any atom is 0.168 e. The van der Waals surface area contributed by atoms with E-state index in [0.29, 0.717) is 5.92 Å². The molecule has 7 nitrogen and oxygen atoms in total. The second-order valence-electron chi connectivity index (χ2n) is 8.14. The molecule has 4 aromatic rings. The van der Waals surface area contributed by atoms with E-state index in [0.717, 1.165) is 53.4 Å². The fourth-order valence-electron chi connectivity index (χ4n) is 3.98. The van der Waals surface area contributed by atoms with Crippen molar-refractivity contribution in [3.8, 4) is 11.5 Å². The van der Waals surface area contributed by atoms with Crippen molar-refractivity contribution in [1.29, 1.82) is 0 Å². The summed E-state index contributed by atoms with van der Waals surface area (Å²) < 4.78 is 14.9. The summed E-state index contributed by atoms with van der Waals surface area (Å²) in [6.07, 6.45) is 3.50. The normalized spacial score (nSPS) is 11.7. The molecule has 0 bridgehead atoms. The smallest absolute Gasteiger partial charge is 0.168 e. The van der Waals surface area contributed by atoms with Gasteiger partial charge in [0.25, 0.3) is 0 Å². The summed E-state index contributed by atoms with van der Waals surface area (Å²) in [5.74, 6) is 2.88. The SMILES string of the molecule is COc1ccc(CCn2c(C)c(C)c3c2ncn2nc(CC(C)C)nc32)cc1OC. The van der Waals surface area contributed by atoms with E-state index >= 15 is 0 Å². The predicted octanol–water partition coefficient (Wildman–Crippen LogP) is 4.15. The Hall–Kier alpha value is -3.09. The highest BCUT2D eigenvalue weighted by Crippen LogP contribution is 2.30. The zero-order chi connectivity index (χ0) is 21.4. The summed E-state index contributed by atoms with van der Waals surface area (Å²) in [6, 6.07) is 6.07. The third kappa shape index (κ3) is 3.49. The van der Waals surface area contributed by atoms with Crippen LogP contribution in [0, 0.1) is 19.8 Å². The summed E-state index contributed by atoms with van der Waals surface area (Å²) in [4.78, 5) is 9.56. The lowest BCUT2D eigenvalue weighted by Crippen LogP contribution is -2.05. The summed E-state index contributed by atoms with van der Waals surface area (Å²) in [7, 11) is 3.31. The van der Waals surface area contributed by atoms with Gasteiger partial charge in [-0.3, -0.25) is 0 Å². The molecular weight excluding hydrogens is 378 g/mol. The van der Waals surface area contributed by atoms with Crippen LogP contribution < -0.4 is 9.47 Å². The summed E-state index contributed by atoms with van der Waals surface area (Å²) in [6.45, 7) is 9.47. The Morgan fingerprint density at radius 3 is 2.50 bits per heavy atom. The van der Waals surface area contributed by atoms with Crippen molar-refractivity contribution in [3.05, 3.63) is 47.2 Å². The number of nitrogens with zero attached hydrogens (tertiary/aromatic N) is 5. The molecule has 4 rings (SSSR count). The van der Waals surface area contributed by atoms with Gasteiger partial charge in [0, 0.05) is 18.7 Å². The number of rotatable bonds is 7. The fraction of sp³-hybridized carbons (Fsp3) is 0.435. The van der Waals surface area contributed by atoms with Gasteiger partial charge in [-0.2, -0.15) is 0 Å². The highest BCUT2D eigenvalue weighted by molar-refractivity contribution is 5.93. The van der Waals surface area contributed by atoms with Crippen molar-refractivity contribution in [2.75, 3.05) is 14.2 Å². The van der Waals surface area contributed by atoms with Crippen LogP contribution in [0.4, 0.5) is 0 Å². The van der Waals surface area contributed by atoms with E-state index in [2.05, 4.69) is 43.4 Å². The topological polar surface area (TPSA) is 66.5 Å². The Balaban J connectivity index is 1.70. The van der Waals surface area contributed by atoms with Gasteiger partial charge in [0.05, 0.1) is 19.6 Å². The van der Waals surface area contributed by atoms with Crippen LogP contribution in [0.2, 0.25) is 0 Å². The molecule has 0 radical (unpaired) electrons. The highest BCUT2D eigenvalue weighted by atomic mass is 16.5. The molecule has 0 aliphatic carbocycles. The number of hydrogen-bond donors (Lipinski definition) is 0. The van der Waals surface area contributed by atoms with Crippen LogP contribution in [0.3, 0.4) is 0 Å². The van der Waals surface area contributed by atoms with Gasteiger partial charge < -0.3 is 14.0 Å². The quantitative estimate of drug-likeness (QED) is 0.460. The molecule has 0 aliphatic rings. The van der Waals surface area contributed by atoms with E-state index in [1.165, 1.54) is 16.8 Å². The number of fused-ring (bicyclic) bond motifs is 3. The molecular formula is C23H29N5O2. The number of aryl methyl sites for hydroxylation is 3. The van der Waals surface area contributed by atoms with Crippen molar-refractivity contribution in [2.24, 2.45) is 5.92 Å². The van der Waals surface area contributed by atoms with Crippen LogP contribution in [-0.4, -0.2) is 38.4 Å². The van der Waals surface area contributed by atoms with Crippen LogP contribution in [-0.2, 0) is 19.4 Å². The van der Waals surface area contributed by atoms with Gasteiger partial charge >= 0.3 is 0 Å². The van der Waals surface area contributed by atoms with Crippen LogP contribution in [0.5, 0.6) is 11.5 Å². The number of hydrogen-bond acceptors (Lipinski definition) is 5. The molecule has 0 N–H and O–H groups in total. The van der Waals surface area contributed by atoms with Gasteiger partial charge in [-0.25, -0.2) is 14.5 Å².